The zero-order chi connectivity index (χ0) is 13.0. The van der Waals surface area contributed by atoms with Crippen LogP contribution in [-0.4, -0.2) is 40.8 Å². The van der Waals surface area contributed by atoms with Crippen molar-refractivity contribution >= 4 is 6.03 Å². The van der Waals surface area contributed by atoms with Crippen LogP contribution in [0.1, 0.15) is 45.4 Å². The molecule has 2 aliphatic rings. The zero-order valence-electron chi connectivity index (χ0n) is 11.2. The van der Waals surface area contributed by atoms with Crippen LogP contribution in [0.2, 0.25) is 0 Å². The number of hydrogen-bond donors (Lipinski definition) is 2. The number of hydrogen-bond acceptors (Lipinski definition) is 2. The second-order valence-corrected chi connectivity index (χ2v) is 5.75. The van der Waals surface area contributed by atoms with Crippen molar-refractivity contribution in [1.29, 1.82) is 0 Å². The van der Waals surface area contributed by atoms with Gasteiger partial charge in [-0.25, -0.2) is 4.79 Å². The van der Waals surface area contributed by atoms with Crippen molar-refractivity contribution in [3.63, 3.8) is 0 Å². The highest BCUT2D eigenvalue weighted by atomic mass is 16.3. The molecule has 0 aromatic carbocycles. The van der Waals surface area contributed by atoms with Crippen molar-refractivity contribution < 1.29 is 9.90 Å². The van der Waals surface area contributed by atoms with E-state index in [1.54, 1.807) is 0 Å². The molecular formula is C14H24N2O2. The first-order chi connectivity index (χ1) is 8.57. The maximum atomic E-state index is 12.1. The van der Waals surface area contributed by atoms with Crippen molar-refractivity contribution in [2.75, 3.05) is 13.1 Å². The van der Waals surface area contributed by atoms with E-state index in [9.17, 15) is 9.90 Å². The van der Waals surface area contributed by atoms with Gasteiger partial charge in [-0.1, -0.05) is 12.2 Å². The topological polar surface area (TPSA) is 52.6 Å². The van der Waals surface area contributed by atoms with Gasteiger partial charge in [-0.3, -0.25) is 0 Å². The molecule has 1 heterocycles. The summed E-state index contributed by atoms with van der Waals surface area (Å²) in [6.07, 6.45) is 9.86. The fourth-order valence-electron chi connectivity index (χ4n) is 2.65. The molecule has 0 aromatic rings. The molecule has 1 fully saturated rings. The predicted molar refractivity (Wildman–Crippen MR) is 71.4 cm³/mol. The Balaban J connectivity index is 1.85. The molecule has 0 aromatic heterocycles. The molecule has 4 nitrogen and oxygen atoms in total. The van der Waals surface area contributed by atoms with Crippen molar-refractivity contribution in [3.8, 4) is 0 Å². The monoisotopic (exact) mass is 252 g/mol. The maximum absolute atomic E-state index is 12.1. The molecule has 1 aliphatic carbocycles. The van der Waals surface area contributed by atoms with Crippen LogP contribution in [0.25, 0.3) is 0 Å². The molecule has 2 atom stereocenters. The highest BCUT2D eigenvalue weighted by Gasteiger charge is 2.27. The summed E-state index contributed by atoms with van der Waals surface area (Å²) in [5.41, 5.74) is -0.611. The van der Waals surface area contributed by atoms with Crippen LogP contribution < -0.4 is 5.32 Å². The predicted octanol–water partition coefficient (Wildman–Crippen LogP) is 2.04. The summed E-state index contributed by atoms with van der Waals surface area (Å²) in [7, 11) is 0. The maximum Gasteiger partial charge on any atom is 0.317 e. The summed E-state index contributed by atoms with van der Waals surface area (Å²) in [5.74, 6) is 0. The van der Waals surface area contributed by atoms with Gasteiger partial charge in [0, 0.05) is 19.1 Å². The van der Waals surface area contributed by atoms with E-state index in [4.69, 9.17) is 0 Å². The highest BCUT2D eigenvalue weighted by molar-refractivity contribution is 5.74. The van der Waals surface area contributed by atoms with Gasteiger partial charge in [-0.2, -0.15) is 0 Å². The fourth-order valence-corrected chi connectivity index (χ4v) is 2.65. The molecule has 4 heteroatoms. The smallest absolute Gasteiger partial charge is 0.317 e. The van der Waals surface area contributed by atoms with Crippen LogP contribution in [-0.2, 0) is 0 Å². The number of nitrogens with one attached hydrogen (secondary N) is 1. The molecule has 0 spiro atoms. The van der Waals surface area contributed by atoms with Crippen LogP contribution in [0.3, 0.4) is 0 Å². The van der Waals surface area contributed by atoms with Gasteiger partial charge in [0.1, 0.15) is 0 Å². The lowest BCUT2D eigenvalue weighted by atomic mass is 9.98. The Hall–Kier alpha value is -1.03. The molecule has 0 saturated carbocycles. The fraction of sp³-hybridized carbons (Fsp3) is 0.786. The first-order valence-corrected chi connectivity index (χ1v) is 7.01. The van der Waals surface area contributed by atoms with Crippen molar-refractivity contribution in [2.24, 2.45) is 0 Å². The first-order valence-electron chi connectivity index (χ1n) is 7.01. The average molecular weight is 252 g/mol. The van der Waals surface area contributed by atoms with Gasteiger partial charge in [-0.05, 0) is 45.4 Å². The molecule has 2 amide bonds. The largest absolute Gasteiger partial charge is 0.390 e. The summed E-state index contributed by atoms with van der Waals surface area (Å²) in [5, 5.41) is 13.1. The number of rotatable bonds is 1. The quantitative estimate of drug-likeness (QED) is 0.702. The number of allylic oxidation sites excluding steroid dienone is 1. The molecule has 2 N–H and O–H groups in total. The zero-order valence-corrected chi connectivity index (χ0v) is 11.2. The molecule has 1 aliphatic heterocycles. The number of nitrogens with zero attached hydrogens (tertiary/aromatic N) is 1. The molecule has 2 rings (SSSR count). The van der Waals surface area contributed by atoms with Crippen LogP contribution in [0, 0.1) is 0 Å². The Morgan fingerprint density at radius 2 is 2.22 bits per heavy atom. The van der Waals surface area contributed by atoms with Gasteiger partial charge in [0.15, 0.2) is 0 Å². The van der Waals surface area contributed by atoms with Crippen LogP contribution in [0.5, 0.6) is 0 Å². The molecule has 0 bridgehead atoms. The number of carbonyl (C=O) groups excluding carboxylic acids is 1. The first kappa shape index (κ1) is 13.4. The Kier molecular flexibility index (Phi) is 4.27. The van der Waals surface area contributed by atoms with Crippen molar-refractivity contribution in [3.05, 3.63) is 12.2 Å². The highest BCUT2D eigenvalue weighted by Crippen LogP contribution is 2.21. The minimum atomic E-state index is -0.611. The third-order valence-electron chi connectivity index (χ3n) is 3.91. The van der Waals surface area contributed by atoms with Gasteiger partial charge >= 0.3 is 6.03 Å². The van der Waals surface area contributed by atoms with E-state index in [2.05, 4.69) is 17.5 Å². The molecule has 18 heavy (non-hydrogen) atoms. The van der Waals surface area contributed by atoms with Gasteiger partial charge < -0.3 is 15.3 Å². The lowest BCUT2D eigenvalue weighted by Crippen LogP contribution is -2.45. The lowest BCUT2D eigenvalue weighted by molar-refractivity contribution is 0.0456. The van der Waals surface area contributed by atoms with E-state index in [0.29, 0.717) is 13.0 Å². The van der Waals surface area contributed by atoms with E-state index in [1.807, 2.05) is 11.8 Å². The van der Waals surface area contributed by atoms with Gasteiger partial charge in [0.2, 0.25) is 0 Å². The summed E-state index contributed by atoms with van der Waals surface area (Å²) in [6.45, 7) is 3.26. The average Bonchev–Trinajstić information content (AvgIpc) is 2.51. The number of amides is 2. The molecule has 0 unspecified atom stereocenters. The standard InChI is InChI=1S/C14H24N2O2/c1-14(18)8-5-10-16(11-9-14)13(17)15-12-6-3-2-4-7-12/h3,6,12,18H,2,4-5,7-11H2,1H3,(H,15,17)/t12-,14+/m1/s1. The minimum Gasteiger partial charge on any atom is -0.390 e. The minimum absolute atomic E-state index is 0.0178. The van der Waals surface area contributed by atoms with Crippen LogP contribution >= 0.6 is 0 Å². The molecule has 102 valence electrons. The Bertz CT molecular complexity index is 326. The number of likely N-dealkylation sites (tertiary alicyclic amines) is 1. The molecule has 1 saturated heterocycles. The van der Waals surface area contributed by atoms with Crippen LogP contribution in [0.15, 0.2) is 12.2 Å². The van der Waals surface area contributed by atoms with E-state index >= 15 is 0 Å². The molecular weight excluding hydrogens is 228 g/mol. The second kappa shape index (κ2) is 5.74. The SMILES string of the molecule is C[C@]1(O)CCCN(C(=O)N[C@@H]2C=CCCC2)CC1. The van der Waals surface area contributed by atoms with Crippen molar-refractivity contribution in [1.82, 2.24) is 10.2 Å². The molecule has 0 radical (unpaired) electrons. The van der Waals surface area contributed by atoms with Gasteiger partial charge in [-0.15, -0.1) is 0 Å². The third kappa shape index (κ3) is 3.73. The van der Waals surface area contributed by atoms with E-state index in [0.717, 1.165) is 38.6 Å². The summed E-state index contributed by atoms with van der Waals surface area (Å²) in [6, 6.07) is 0.208. The van der Waals surface area contributed by atoms with E-state index in [1.165, 1.54) is 0 Å². The Morgan fingerprint density at radius 1 is 1.39 bits per heavy atom. The van der Waals surface area contributed by atoms with Gasteiger partial charge in [0.05, 0.1) is 5.60 Å². The Morgan fingerprint density at radius 3 is 2.94 bits per heavy atom. The number of urea groups is 1. The van der Waals surface area contributed by atoms with Crippen molar-refractivity contribution in [2.45, 2.75) is 57.1 Å². The summed E-state index contributed by atoms with van der Waals surface area (Å²) < 4.78 is 0. The second-order valence-electron chi connectivity index (χ2n) is 5.75. The third-order valence-corrected chi connectivity index (χ3v) is 3.91. The Labute approximate surface area is 109 Å². The number of aliphatic hydroxyl groups is 1. The lowest BCUT2D eigenvalue weighted by Gasteiger charge is -2.26. The number of carbonyl (C=O) groups is 1. The van der Waals surface area contributed by atoms with Gasteiger partial charge in [0.25, 0.3) is 0 Å². The summed E-state index contributed by atoms with van der Waals surface area (Å²) in [4.78, 5) is 14.0. The summed E-state index contributed by atoms with van der Waals surface area (Å²) >= 11 is 0. The van der Waals surface area contributed by atoms with Crippen LogP contribution in [0.4, 0.5) is 4.79 Å². The normalized spacial score (nSPS) is 33.0. The van der Waals surface area contributed by atoms with E-state index < -0.39 is 5.60 Å². The van der Waals surface area contributed by atoms with E-state index in [-0.39, 0.29) is 12.1 Å².